The second kappa shape index (κ2) is 6.52. The van der Waals surface area contributed by atoms with E-state index in [2.05, 4.69) is 5.32 Å². The third-order valence-electron chi connectivity index (χ3n) is 3.80. The number of hydrogen-bond donors (Lipinski definition) is 1. The van der Waals surface area contributed by atoms with Crippen LogP contribution in [0.4, 0.5) is 4.79 Å². The molecule has 3 rings (SSSR count). The van der Waals surface area contributed by atoms with E-state index in [0.29, 0.717) is 24.0 Å². The Labute approximate surface area is 134 Å². The molecule has 118 valence electrons. The van der Waals surface area contributed by atoms with Crippen molar-refractivity contribution in [2.24, 2.45) is 0 Å². The van der Waals surface area contributed by atoms with Gasteiger partial charge in [0.1, 0.15) is 0 Å². The molecule has 0 aliphatic carbocycles. The number of carbonyl (C=O) groups is 1. The normalized spacial score (nSPS) is 10.8. The lowest BCUT2D eigenvalue weighted by Crippen LogP contribution is -2.29. The minimum atomic E-state index is -0.420. The Balaban J connectivity index is 2.03. The smallest absolute Gasteiger partial charge is 0.407 e. The van der Waals surface area contributed by atoms with Crippen molar-refractivity contribution in [3.63, 3.8) is 0 Å². The molecule has 0 saturated carbocycles. The lowest BCUT2D eigenvalue weighted by Gasteiger charge is -2.12. The van der Waals surface area contributed by atoms with E-state index in [1.54, 1.807) is 0 Å². The maximum atomic E-state index is 12.5. The Bertz CT molecular complexity index is 804. The van der Waals surface area contributed by atoms with Crippen LogP contribution in [0.15, 0.2) is 48.5 Å². The van der Waals surface area contributed by atoms with Crippen LogP contribution in [0.2, 0.25) is 0 Å². The molecule has 1 amide bonds. The first-order valence-electron chi connectivity index (χ1n) is 7.65. The molecule has 1 N–H and O–H groups in total. The molecule has 0 spiro atoms. The summed E-state index contributed by atoms with van der Waals surface area (Å²) in [5.74, 6) is 0. The second-order valence-electron chi connectivity index (χ2n) is 5.22. The number of alkyl carbamates (subject to hydrolysis) is 1. The van der Waals surface area contributed by atoms with Gasteiger partial charge >= 0.3 is 6.09 Å². The largest absolute Gasteiger partial charge is 0.618 e. The molecule has 0 aliphatic heterocycles. The molecule has 23 heavy (non-hydrogen) atoms. The topological polar surface area (TPSA) is 65.3 Å². The van der Waals surface area contributed by atoms with Crippen LogP contribution in [0.1, 0.15) is 12.5 Å². The van der Waals surface area contributed by atoms with Gasteiger partial charge in [0.2, 0.25) is 11.0 Å². The summed E-state index contributed by atoms with van der Waals surface area (Å²) in [4.78, 5) is 11.4. The minimum absolute atomic E-state index is 0.267. The third kappa shape index (κ3) is 2.90. The van der Waals surface area contributed by atoms with Crippen molar-refractivity contribution in [1.82, 2.24) is 5.32 Å². The standard InChI is InChI=1S/C18H18N2O3/c1-2-19-18(21)23-12-11-13-14-7-3-5-9-16(14)20(22)17-10-6-4-8-15(13)17/h3-10H,2,11-12H2,1H3,(H,19,21). The Morgan fingerprint density at radius 3 is 2.22 bits per heavy atom. The zero-order valence-electron chi connectivity index (χ0n) is 12.9. The van der Waals surface area contributed by atoms with Crippen molar-refractivity contribution in [3.8, 4) is 0 Å². The number of amides is 1. The van der Waals surface area contributed by atoms with Crippen molar-refractivity contribution in [2.75, 3.05) is 13.2 Å². The zero-order valence-corrected chi connectivity index (χ0v) is 12.9. The Kier molecular flexibility index (Phi) is 4.28. The number of fused-ring (bicyclic) bond motifs is 2. The Hall–Kier alpha value is -2.82. The average Bonchev–Trinajstić information content (AvgIpc) is 2.58. The number of rotatable bonds is 4. The van der Waals surface area contributed by atoms with E-state index in [1.807, 2.05) is 55.5 Å². The predicted molar refractivity (Wildman–Crippen MR) is 89.1 cm³/mol. The summed E-state index contributed by atoms with van der Waals surface area (Å²) in [6.07, 6.45) is 0.134. The van der Waals surface area contributed by atoms with Crippen LogP contribution in [-0.2, 0) is 11.2 Å². The van der Waals surface area contributed by atoms with Crippen LogP contribution in [0.5, 0.6) is 0 Å². The van der Waals surface area contributed by atoms with Gasteiger partial charge in [-0.3, -0.25) is 0 Å². The van der Waals surface area contributed by atoms with Crippen molar-refractivity contribution in [1.29, 1.82) is 0 Å². The van der Waals surface area contributed by atoms with Crippen molar-refractivity contribution < 1.29 is 14.3 Å². The van der Waals surface area contributed by atoms with Crippen LogP contribution >= 0.6 is 0 Å². The molecule has 0 bridgehead atoms. The number of nitrogens with one attached hydrogen (secondary N) is 1. The number of benzene rings is 2. The van der Waals surface area contributed by atoms with Gasteiger partial charge in [-0.2, -0.15) is 4.73 Å². The number of para-hydroxylation sites is 2. The molecule has 0 radical (unpaired) electrons. The number of aromatic nitrogens is 1. The Morgan fingerprint density at radius 2 is 1.65 bits per heavy atom. The fraction of sp³-hybridized carbons (Fsp3) is 0.222. The molecule has 0 saturated heterocycles. The first-order chi connectivity index (χ1) is 11.2. The summed E-state index contributed by atoms with van der Waals surface area (Å²) < 4.78 is 6.14. The maximum absolute atomic E-state index is 12.5. The van der Waals surface area contributed by atoms with E-state index in [0.717, 1.165) is 21.1 Å². The molecule has 1 aromatic heterocycles. The molecular weight excluding hydrogens is 292 g/mol. The van der Waals surface area contributed by atoms with Gasteiger partial charge in [-0.15, -0.1) is 0 Å². The molecule has 0 aliphatic rings. The van der Waals surface area contributed by atoms with E-state index < -0.39 is 6.09 Å². The lowest BCUT2D eigenvalue weighted by molar-refractivity contribution is -0.547. The first-order valence-corrected chi connectivity index (χ1v) is 7.65. The molecule has 2 aromatic carbocycles. The van der Waals surface area contributed by atoms with Crippen molar-refractivity contribution in [2.45, 2.75) is 13.3 Å². The van der Waals surface area contributed by atoms with Crippen molar-refractivity contribution in [3.05, 3.63) is 59.3 Å². The number of ether oxygens (including phenoxy) is 1. The first kappa shape index (κ1) is 15.1. The molecule has 5 heteroatoms. The summed E-state index contributed by atoms with van der Waals surface area (Å²) >= 11 is 0. The monoisotopic (exact) mass is 310 g/mol. The number of carbonyl (C=O) groups excluding carboxylic acids is 1. The molecule has 0 unspecified atom stereocenters. The van der Waals surface area contributed by atoms with Crippen LogP contribution < -0.4 is 10.0 Å². The average molecular weight is 310 g/mol. The number of hydrogen-bond acceptors (Lipinski definition) is 3. The summed E-state index contributed by atoms with van der Waals surface area (Å²) in [6, 6.07) is 15.0. The summed E-state index contributed by atoms with van der Waals surface area (Å²) in [7, 11) is 0. The van der Waals surface area contributed by atoms with Gasteiger partial charge in [0.25, 0.3) is 0 Å². The van der Waals surface area contributed by atoms with Crippen LogP contribution in [-0.4, -0.2) is 19.2 Å². The summed E-state index contributed by atoms with van der Waals surface area (Å²) in [5.41, 5.74) is 2.27. The van der Waals surface area contributed by atoms with Gasteiger partial charge in [0.15, 0.2) is 0 Å². The third-order valence-corrected chi connectivity index (χ3v) is 3.80. The van der Waals surface area contributed by atoms with Crippen LogP contribution in [0.25, 0.3) is 21.8 Å². The van der Waals surface area contributed by atoms with Gasteiger partial charge in [-0.25, -0.2) is 4.79 Å². The maximum Gasteiger partial charge on any atom is 0.407 e. The SMILES string of the molecule is CCNC(=O)OCCc1c2ccccc2[n+]([O-])c2ccccc12. The quantitative estimate of drug-likeness (QED) is 0.458. The summed E-state index contributed by atoms with van der Waals surface area (Å²) in [6.45, 7) is 2.64. The molecular formula is C18H18N2O3. The highest BCUT2D eigenvalue weighted by Crippen LogP contribution is 2.25. The zero-order chi connectivity index (χ0) is 16.2. The van der Waals surface area contributed by atoms with Crippen LogP contribution in [0, 0.1) is 5.21 Å². The van der Waals surface area contributed by atoms with E-state index >= 15 is 0 Å². The molecule has 5 nitrogen and oxygen atoms in total. The summed E-state index contributed by atoms with van der Waals surface area (Å²) in [5, 5.41) is 16.9. The van der Waals surface area contributed by atoms with Gasteiger partial charge in [-0.05, 0) is 24.6 Å². The van der Waals surface area contributed by atoms with Gasteiger partial charge in [0.05, 0.1) is 17.4 Å². The second-order valence-corrected chi connectivity index (χ2v) is 5.22. The van der Waals surface area contributed by atoms with E-state index in [4.69, 9.17) is 4.74 Å². The fourth-order valence-corrected chi connectivity index (χ4v) is 2.80. The highest BCUT2D eigenvalue weighted by molar-refractivity contribution is 5.94. The number of nitrogens with zero attached hydrogens (tertiary/aromatic N) is 1. The van der Waals surface area contributed by atoms with Crippen molar-refractivity contribution >= 4 is 27.9 Å². The van der Waals surface area contributed by atoms with Gasteiger partial charge in [0, 0.05) is 25.1 Å². The molecule has 0 fully saturated rings. The van der Waals surface area contributed by atoms with E-state index in [9.17, 15) is 10.0 Å². The molecule has 3 aromatic rings. The number of pyridine rings is 1. The predicted octanol–water partition coefficient (Wildman–Crippen LogP) is 2.92. The molecule has 1 heterocycles. The highest BCUT2D eigenvalue weighted by Gasteiger charge is 2.16. The van der Waals surface area contributed by atoms with Crippen LogP contribution in [0.3, 0.4) is 0 Å². The molecule has 0 atom stereocenters. The minimum Gasteiger partial charge on any atom is -0.618 e. The van der Waals surface area contributed by atoms with Gasteiger partial charge in [-0.1, -0.05) is 24.3 Å². The van der Waals surface area contributed by atoms with Gasteiger partial charge < -0.3 is 15.3 Å². The fourth-order valence-electron chi connectivity index (χ4n) is 2.80. The van der Waals surface area contributed by atoms with E-state index in [1.165, 1.54) is 0 Å². The lowest BCUT2D eigenvalue weighted by atomic mass is 10.0. The van der Waals surface area contributed by atoms with E-state index in [-0.39, 0.29) is 6.61 Å². The highest BCUT2D eigenvalue weighted by atomic mass is 16.5. The Morgan fingerprint density at radius 1 is 1.09 bits per heavy atom.